The fraction of sp³-hybridized carbons (Fsp3) is 0.421. The van der Waals surface area contributed by atoms with Crippen molar-refractivity contribution >= 4 is 17.5 Å². The van der Waals surface area contributed by atoms with Crippen molar-refractivity contribution in [3.8, 4) is 11.6 Å². The van der Waals surface area contributed by atoms with Crippen LogP contribution in [0, 0.1) is 0 Å². The average molecular weight is 401 g/mol. The Bertz CT molecular complexity index is 965. The number of hydrogen-bond donors (Lipinski definition) is 0. The quantitative estimate of drug-likeness (QED) is 0.653. The normalized spacial score (nSPS) is 16.9. The molecule has 1 fully saturated rings. The molecule has 1 saturated heterocycles. The summed E-state index contributed by atoms with van der Waals surface area (Å²) >= 11 is 5.90. The number of nitrogens with zero attached hydrogens (tertiary/aromatic N) is 6. The van der Waals surface area contributed by atoms with Gasteiger partial charge in [0.25, 0.3) is 5.89 Å². The second-order valence-electron chi connectivity index (χ2n) is 7.28. The molecule has 0 saturated carbocycles. The van der Waals surface area contributed by atoms with Gasteiger partial charge in [0.2, 0.25) is 5.91 Å². The Kier molecular flexibility index (Phi) is 5.13. The third-order valence-electron chi connectivity index (χ3n) is 4.85. The number of hydrogen-bond acceptors (Lipinski definition) is 6. The number of halogens is 1. The van der Waals surface area contributed by atoms with Crippen molar-refractivity contribution in [1.29, 1.82) is 0 Å². The number of benzene rings is 1. The highest BCUT2D eigenvalue weighted by Gasteiger charge is 2.28. The van der Waals surface area contributed by atoms with Gasteiger partial charge in [0.15, 0.2) is 11.5 Å². The van der Waals surface area contributed by atoms with E-state index in [2.05, 4.69) is 20.5 Å². The Morgan fingerprint density at radius 3 is 2.82 bits per heavy atom. The summed E-state index contributed by atoms with van der Waals surface area (Å²) in [7, 11) is 0. The van der Waals surface area contributed by atoms with Crippen LogP contribution in [-0.2, 0) is 11.2 Å². The number of carbonyl (C=O) groups excluding carboxylic acids is 1. The van der Waals surface area contributed by atoms with Crippen LogP contribution in [0.5, 0.6) is 0 Å². The highest BCUT2D eigenvalue weighted by Crippen LogP contribution is 2.24. The molecule has 1 aliphatic heterocycles. The van der Waals surface area contributed by atoms with Crippen molar-refractivity contribution < 1.29 is 9.32 Å². The molecule has 0 unspecified atom stereocenters. The monoisotopic (exact) mass is 400 g/mol. The minimum Gasteiger partial charge on any atom is -0.340 e. The lowest BCUT2D eigenvalue weighted by atomic mass is 10.1. The molecule has 0 aliphatic carbocycles. The fourth-order valence-corrected chi connectivity index (χ4v) is 3.33. The lowest BCUT2D eigenvalue weighted by Crippen LogP contribution is -2.30. The summed E-state index contributed by atoms with van der Waals surface area (Å²) in [6, 6.07) is 7.45. The van der Waals surface area contributed by atoms with E-state index in [-0.39, 0.29) is 17.9 Å². The van der Waals surface area contributed by atoms with Crippen LogP contribution in [0.3, 0.4) is 0 Å². The van der Waals surface area contributed by atoms with Crippen LogP contribution < -0.4 is 0 Å². The summed E-state index contributed by atoms with van der Waals surface area (Å²) in [5.41, 5.74) is 1.50. The van der Waals surface area contributed by atoms with Gasteiger partial charge in [0.05, 0.1) is 18.7 Å². The van der Waals surface area contributed by atoms with Crippen LogP contribution in [-0.4, -0.2) is 49.0 Å². The van der Waals surface area contributed by atoms with E-state index in [0.717, 1.165) is 12.0 Å². The molecule has 0 bridgehead atoms. The lowest BCUT2D eigenvalue weighted by molar-refractivity contribution is -0.129. The van der Waals surface area contributed by atoms with E-state index in [1.165, 1.54) is 0 Å². The average Bonchev–Trinajstić information content (AvgIpc) is 3.42. The topological polar surface area (TPSA) is 89.9 Å². The predicted octanol–water partition coefficient (Wildman–Crippen LogP) is 3.12. The van der Waals surface area contributed by atoms with E-state index < -0.39 is 0 Å². The number of rotatable bonds is 5. The Morgan fingerprint density at radius 1 is 1.32 bits per heavy atom. The maximum Gasteiger partial charge on any atom is 0.280 e. The van der Waals surface area contributed by atoms with E-state index in [9.17, 15) is 4.79 Å². The van der Waals surface area contributed by atoms with Gasteiger partial charge < -0.3 is 9.42 Å². The molecule has 0 radical (unpaired) electrons. The van der Waals surface area contributed by atoms with Crippen LogP contribution in [0.25, 0.3) is 11.6 Å². The molecule has 1 aliphatic rings. The maximum absolute atomic E-state index is 12.6. The summed E-state index contributed by atoms with van der Waals surface area (Å²) in [6.07, 6.45) is 3.00. The summed E-state index contributed by atoms with van der Waals surface area (Å²) in [6.45, 7) is 5.31. The van der Waals surface area contributed by atoms with Crippen LogP contribution >= 0.6 is 11.6 Å². The Labute approximate surface area is 167 Å². The van der Waals surface area contributed by atoms with E-state index >= 15 is 0 Å². The van der Waals surface area contributed by atoms with E-state index in [4.69, 9.17) is 16.1 Å². The standard InChI is InChI=1S/C19H21ClN6O2/c1-12(2)18-21-19(28-23-18)16-11-26(24-22-16)15-7-8-25(10-15)17(27)9-13-3-5-14(20)6-4-13/h3-6,11-12,15H,7-10H2,1-2H3/t15-/m1/s1. The highest BCUT2D eigenvalue weighted by atomic mass is 35.5. The summed E-state index contributed by atoms with van der Waals surface area (Å²) in [4.78, 5) is 18.8. The first-order valence-corrected chi connectivity index (χ1v) is 9.65. The molecule has 3 aromatic rings. The molecule has 2 aromatic heterocycles. The molecule has 9 heteroatoms. The van der Waals surface area contributed by atoms with Crippen LogP contribution in [0.15, 0.2) is 35.0 Å². The zero-order valence-electron chi connectivity index (χ0n) is 15.7. The highest BCUT2D eigenvalue weighted by molar-refractivity contribution is 6.30. The maximum atomic E-state index is 12.6. The third kappa shape index (κ3) is 3.91. The Balaban J connectivity index is 1.39. The first-order chi connectivity index (χ1) is 13.5. The molecule has 0 N–H and O–H groups in total. The molecular weight excluding hydrogens is 380 g/mol. The second kappa shape index (κ2) is 7.71. The van der Waals surface area contributed by atoms with E-state index in [1.54, 1.807) is 23.0 Å². The zero-order valence-corrected chi connectivity index (χ0v) is 16.5. The van der Waals surface area contributed by atoms with Gasteiger partial charge in [-0.05, 0) is 24.1 Å². The van der Waals surface area contributed by atoms with Gasteiger partial charge in [0, 0.05) is 24.0 Å². The molecule has 146 valence electrons. The second-order valence-corrected chi connectivity index (χ2v) is 7.72. The third-order valence-corrected chi connectivity index (χ3v) is 5.10. The van der Waals surface area contributed by atoms with Gasteiger partial charge in [-0.25, -0.2) is 4.68 Å². The van der Waals surface area contributed by atoms with E-state index in [0.29, 0.717) is 41.9 Å². The molecule has 1 atom stereocenters. The molecule has 4 rings (SSSR count). The summed E-state index contributed by atoms with van der Waals surface area (Å²) in [5.74, 6) is 1.29. The van der Waals surface area contributed by atoms with Crippen molar-refractivity contribution in [2.75, 3.05) is 13.1 Å². The van der Waals surface area contributed by atoms with Gasteiger partial charge in [0.1, 0.15) is 0 Å². The first-order valence-electron chi connectivity index (χ1n) is 9.27. The number of amides is 1. The molecule has 1 aromatic carbocycles. The molecule has 0 spiro atoms. The van der Waals surface area contributed by atoms with Crippen molar-refractivity contribution in [3.63, 3.8) is 0 Å². The van der Waals surface area contributed by atoms with Crippen molar-refractivity contribution in [2.24, 2.45) is 0 Å². The largest absolute Gasteiger partial charge is 0.340 e. The molecule has 1 amide bonds. The SMILES string of the molecule is CC(C)c1noc(-c2cn([C@@H]3CCN(C(=O)Cc4ccc(Cl)cc4)C3)nn2)n1. The van der Waals surface area contributed by atoms with Crippen LogP contribution in [0.4, 0.5) is 0 Å². The molecule has 8 nitrogen and oxygen atoms in total. The lowest BCUT2D eigenvalue weighted by Gasteiger charge is -2.16. The Morgan fingerprint density at radius 2 is 2.11 bits per heavy atom. The molecule has 28 heavy (non-hydrogen) atoms. The van der Waals surface area contributed by atoms with Gasteiger partial charge in [-0.15, -0.1) is 5.10 Å². The van der Waals surface area contributed by atoms with Gasteiger partial charge in [-0.3, -0.25) is 4.79 Å². The summed E-state index contributed by atoms with van der Waals surface area (Å²) < 4.78 is 7.05. The molecule has 3 heterocycles. The molecular formula is C19H21ClN6O2. The summed E-state index contributed by atoms with van der Waals surface area (Å²) in [5, 5.41) is 13.0. The minimum absolute atomic E-state index is 0.0860. The van der Waals surface area contributed by atoms with Gasteiger partial charge in [-0.2, -0.15) is 4.98 Å². The smallest absolute Gasteiger partial charge is 0.280 e. The fourth-order valence-electron chi connectivity index (χ4n) is 3.20. The van der Waals surface area contributed by atoms with Crippen molar-refractivity contribution in [3.05, 3.63) is 46.9 Å². The Hall–Kier alpha value is -2.74. The zero-order chi connectivity index (χ0) is 19.7. The van der Waals surface area contributed by atoms with Gasteiger partial charge >= 0.3 is 0 Å². The van der Waals surface area contributed by atoms with Crippen LogP contribution in [0.1, 0.15) is 43.6 Å². The van der Waals surface area contributed by atoms with Gasteiger partial charge in [-0.1, -0.05) is 48.0 Å². The predicted molar refractivity (Wildman–Crippen MR) is 103 cm³/mol. The van der Waals surface area contributed by atoms with Crippen molar-refractivity contribution in [1.82, 2.24) is 30.0 Å². The first kappa shape index (κ1) is 18.6. The number of carbonyl (C=O) groups is 1. The van der Waals surface area contributed by atoms with E-state index in [1.807, 2.05) is 30.9 Å². The number of likely N-dealkylation sites (tertiary alicyclic amines) is 1. The minimum atomic E-state index is 0.0860. The van der Waals surface area contributed by atoms with Crippen LogP contribution in [0.2, 0.25) is 5.02 Å². The van der Waals surface area contributed by atoms with Crippen molar-refractivity contribution in [2.45, 2.75) is 38.6 Å². The number of aromatic nitrogens is 5.